The first-order chi connectivity index (χ1) is 21.7. The molecule has 1 aliphatic rings. The molecular formula is C33H31F2N3O6S. The van der Waals surface area contributed by atoms with Crippen molar-refractivity contribution in [2.45, 2.75) is 23.9 Å². The summed E-state index contributed by atoms with van der Waals surface area (Å²) in [6, 6.07) is 22.3. The highest BCUT2D eigenvalue weighted by atomic mass is 32.2. The lowest BCUT2D eigenvalue weighted by Crippen LogP contribution is -2.53. The van der Waals surface area contributed by atoms with Crippen LogP contribution >= 0.6 is 0 Å². The fraction of sp³-hybridized carbons (Fsp3) is 0.212. The summed E-state index contributed by atoms with van der Waals surface area (Å²) in [5.41, 5.74) is 1.32. The lowest BCUT2D eigenvalue weighted by molar-refractivity contribution is -0.139. The van der Waals surface area contributed by atoms with Gasteiger partial charge in [-0.1, -0.05) is 42.5 Å². The number of halogens is 2. The minimum atomic E-state index is -4.44. The number of nitrogens with zero attached hydrogens (tertiary/aromatic N) is 2. The second-order valence-corrected chi connectivity index (χ2v) is 12.1. The second-order valence-electron chi connectivity index (χ2n) is 10.3. The van der Waals surface area contributed by atoms with Crippen LogP contribution < -0.4 is 19.1 Å². The molecule has 0 saturated carbocycles. The molecule has 12 heteroatoms. The van der Waals surface area contributed by atoms with Crippen LogP contribution in [0, 0.1) is 11.6 Å². The van der Waals surface area contributed by atoms with Crippen molar-refractivity contribution in [3.63, 3.8) is 0 Å². The van der Waals surface area contributed by atoms with Gasteiger partial charge in [0.15, 0.2) is 11.5 Å². The Morgan fingerprint density at radius 1 is 0.822 bits per heavy atom. The molecule has 1 N–H and O–H groups in total. The lowest BCUT2D eigenvalue weighted by Gasteiger charge is -2.33. The van der Waals surface area contributed by atoms with Crippen molar-refractivity contribution in [3.05, 3.63) is 120 Å². The van der Waals surface area contributed by atoms with Crippen LogP contribution in [-0.4, -0.2) is 58.0 Å². The number of benzene rings is 4. The third-order valence-electron chi connectivity index (χ3n) is 7.28. The quantitative estimate of drug-likeness (QED) is 0.263. The lowest BCUT2D eigenvalue weighted by atomic mass is 10.0. The Kier molecular flexibility index (Phi) is 9.62. The largest absolute Gasteiger partial charge is 0.486 e. The summed E-state index contributed by atoms with van der Waals surface area (Å²) in [5, 5.41) is 2.60. The molecule has 2 amide bonds. The molecular weight excluding hydrogens is 604 g/mol. The van der Waals surface area contributed by atoms with Crippen molar-refractivity contribution in [1.82, 2.24) is 10.2 Å². The number of hydrogen-bond donors (Lipinski definition) is 1. The zero-order valence-electron chi connectivity index (χ0n) is 24.4. The number of sulfonamides is 1. The molecule has 234 valence electrons. The molecule has 45 heavy (non-hydrogen) atoms. The summed E-state index contributed by atoms with van der Waals surface area (Å²) >= 11 is 0. The van der Waals surface area contributed by atoms with Gasteiger partial charge in [0.1, 0.15) is 37.4 Å². The molecule has 0 bridgehead atoms. The van der Waals surface area contributed by atoms with Gasteiger partial charge in [0.25, 0.3) is 10.0 Å². The van der Waals surface area contributed by atoms with Crippen molar-refractivity contribution in [2.75, 3.05) is 31.1 Å². The predicted octanol–water partition coefficient (Wildman–Crippen LogP) is 4.32. The molecule has 0 radical (unpaired) electrons. The van der Waals surface area contributed by atoms with Crippen LogP contribution in [0.1, 0.15) is 11.1 Å². The number of fused-ring (bicyclic) bond motifs is 1. The van der Waals surface area contributed by atoms with Crippen molar-refractivity contribution >= 4 is 27.5 Å². The van der Waals surface area contributed by atoms with E-state index in [-0.39, 0.29) is 35.9 Å². The summed E-state index contributed by atoms with van der Waals surface area (Å²) in [6.07, 6.45) is 0.124. The van der Waals surface area contributed by atoms with Crippen molar-refractivity contribution in [1.29, 1.82) is 0 Å². The number of anilines is 1. The first-order valence-electron chi connectivity index (χ1n) is 14.1. The van der Waals surface area contributed by atoms with Crippen molar-refractivity contribution in [3.8, 4) is 11.5 Å². The Morgan fingerprint density at radius 3 is 2.09 bits per heavy atom. The number of ether oxygens (including phenoxy) is 2. The Hall–Kier alpha value is -4.97. The Bertz CT molecular complexity index is 1750. The van der Waals surface area contributed by atoms with Gasteiger partial charge in [-0.2, -0.15) is 0 Å². The first-order valence-corrected chi connectivity index (χ1v) is 15.6. The summed E-state index contributed by atoms with van der Waals surface area (Å²) in [6.45, 7) is -0.302. The Balaban J connectivity index is 1.55. The van der Waals surface area contributed by atoms with Gasteiger partial charge >= 0.3 is 0 Å². The Morgan fingerprint density at radius 2 is 1.44 bits per heavy atom. The molecule has 5 rings (SSSR count). The minimum Gasteiger partial charge on any atom is -0.486 e. The van der Waals surface area contributed by atoms with E-state index in [4.69, 9.17) is 9.47 Å². The standard InChI is InChI=1S/C33H31F2N3O6S/c1-36-33(40)29(19-23-5-3-2-4-6-23)37(21-24-7-9-25(34)10-8-24)32(39)22-38(27-13-11-26(35)12-14-27)45(41,42)28-15-16-30-31(20-28)44-18-17-43-30/h2-16,20,29H,17-19,21-22H2,1H3,(H,36,40)/t29-/m0/s1. The smallest absolute Gasteiger partial charge is 0.264 e. The second kappa shape index (κ2) is 13.8. The van der Waals surface area contributed by atoms with E-state index in [1.807, 2.05) is 18.2 Å². The average Bonchev–Trinajstić information content (AvgIpc) is 3.06. The van der Waals surface area contributed by atoms with Gasteiger partial charge in [0, 0.05) is 26.1 Å². The van der Waals surface area contributed by atoms with Gasteiger partial charge in [0.05, 0.1) is 10.6 Å². The zero-order valence-corrected chi connectivity index (χ0v) is 25.2. The predicted molar refractivity (Wildman–Crippen MR) is 163 cm³/mol. The minimum absolute atomic E-state index is 0.0286. The van der Waals surface area contributed by atoms with Gasteiger partial charge < -0.3 is 19.7 Å². The highest BCUT2D eigenvalue weighted by molar-refractivity contribution is 7.92. The van der Waals surface area contributed by atoms with E-state index in [1.54, 1.807) is 12.1 Å². The maximum Gasteiger partial charge on any atom is 0.264 e. The number of amides is 2. The van der Waals surface area contributed by atoms with E-state index in [1.165, 1.54) is 66.5 Å². The monoisotopic (exact) mass is 635 g/mol. The van der Waals surface area contributed by atoms with Crippen molar-refractivity contribution in [2.24, 2.45) is 0 Å². The normalized spacial score (nSPS) is 13.0. The molecule has 0 aromatic heterocycles. The highest BCUT2D eigenvalue weighted by Gasteiger charge is 2.35. The molecule has 0 spiro atoms. The maximum absolute atomic E-state index is 14.3. The summed E-state index contributed by atoms with van der Waals surface area (Å²) in [5.74, 6) is -1.65. The number of likely N-dealkylation sites (N-methyl/N-ethyl adjacent to an activating group) is 1. The average molecular weight is 636 g/mol. The van der Waals surface area contributed by atoms with E-state index in [0.717, 1.165) is 22.0 Å². The molecule has 1 heterocycles. The molecule has 1 atom stereocenters. The van der Waals surface area contributed by atoms with Crippen molar-refractivity contribution < 1.29 is 36.3 Å². The fourth-order valence-electron chi connectivity index (χ4n) is 4.95. The zero-order chi connectivity index (χ0) is 32.0. The number of carbonyl (C=O) groups is 2. The third-order valence-corrected chi connectivity index (χ3v) is 9.05. The summed E-state index contributed by atoms with van der Waals surface area (Å²) in [4.78, 5) is 28.7. The molecule has 0 aliphatic carbocycles. The topological polar surface area (TPSA) is 105 Å². The van der Waals surface area contributed by atoms with Gasteiger partial charge in [-0.25, -0.2) is 17.2 Å². The number of rotatable bonds is 11. The van der Waals surface area contributed by atoms with E-state index in [0.29, 0.717) is 17.9 Å². The van der Waals surface area contributed by atoms with Gasteiger partial charge in [-0.3, -0.25) is 13.9 Å². The van der Waals surface area contributed by atoms with E-state index < -0.39 is 46.1 Å². The summed E-state index contributed by atoms with van der Waals surface area (Å²) < 4.78 is 67.9. The van der Waals surface area contributed by atoms with Crippen LogP contribution in [-0.2, 0) is 32.6 Å². The molecule has 0 saturated heterocycles. The van der Waals surface area contributed by atoms with E-state index in [2.05, 4.69) is 5.32 Å². The molecule has 0 unspecified atom stereocenters. The van der Waals surface area contributed by atoms with Gasteiger partial charge in [-0.05, 0) is 59.7 Å². The van der Waals surface area contributed by atoms with Crippen LogP contribution in [0.25, 0.3) is 0 Å². The van der Waals surface area contributed by atoms with Crippen LogP contribution in [0.2, 0.25) is 0 Å². The number of nitrogens with one attached hydrogen (secondary N) is 1. The fourth-order valence-corrected chi connectivity index (χ4v) is 6.38. The van der Waals surface area contributed by atoms with Gasteiger partial charge in [-0.15, -0.1) is 0 Å². The number of carbonyl (C=O) groups excluding carboxylic acids is 2. The molecule has 4 aromatic carbocycles. The molecule has 9 nitrogen and oxygen atoms in total. The molecule has 1 aliphatic heterocycles. The molecule has 0 fully saturated rings. The SMILES string of the molecule is CNC(=O)[C@H](Cc1ccccc1)N(Cc1ccc(F)cc1)C(=O)CN(c1ccc(F)cc1)S(=O)(=O)c1ccc2c(c1)OCCO2. The first kappa shape index (κ1) is 31.5. The Labute approximate surface area is 260 Å². The van der Waals surface area contributed by atoms with E-state index >= 15 is 0 Å². The van der Waals surface area contributed by atoms with Gasteiger partial charge in [0.2, 0.25) is 11.8 Å². The van der Waals surface area contributed by atoms with Crippen LogP contribution in [0.5, 0.6) is 11.5 Å². The third kappa shape index (κ3) is 7.40. The highest BCUT2D eigenvalue weighted by Crippen LogP contribution is 2.34. The van der Waals surface area contributed by atoms with E-state index in [9.17, 15) is 26.8 Å². The van der Waals surface area contributed by atoms with Crippen LogP contribution in [0.15, 0.2) is 102 Å². The molecule has 4 aromatic rings. The number of hydrogen-bond acceptors (Lipinski definition) is 6. The summed E-state index contributed by atoms with van der Waals surface area (Å²) in [7, 11) is -3.00. The van der Waals surface area contributed by atoms with Crippen LogP contribution in [0.3, 0.4) is 0 Å². The van der Waals surface area contributed by atoms with Crippen LogP contribution in [0.4, 0.5) is 14.5 Å². The maximum atomic E-state index is 14.3.